The van der Waals surface area contributed by atoms with Gasteiger partial charge < -0.3 is 0 Å². The summed E-state index contributed by atoms with van der Waals surface area (Å²) in [5.41, 5.74) is 1.41. The number of thiophene rings is 1. The molecule has 2 rings (SSSR count). The molecular formula is C14H16S. The van der Waals surface area contributed by atoms with E-state index in [1.165, 1.54) is 28.5 Å². The third-order valence-corrected chi connectivity index (χ3v) is 3.38. The van der Waals surface area contributed by atoms with Crippen molar-refractivity contribution in [2.75, 3.05) is 0 Å². The van der Waals surface area contributed by atoms with Crippen LogP contribution in [0, 0.1) is 0 Å². The Morgan fingerprint density at radius 1 is 1.20 bits per heavy atom. The highest BCUT2D eigenvalue weighted by Crippen LogP contribution is 2.22. The monoisotopic (exact) mass is 216 g/mol. The Kier molecular flexibility index (Phi) is 3.57. The van der Waals surface area contributed by atoms with Crippen LogP contribution < -0.4 is 0 Å². The molecular weight excluding hydrogens is 200 g/mol. The summed E-state index contributed by atoms with van der Waals surface area (Å²) >= 11 is 1.82. The molecule has 1 heterocycles. The lowest BCUT2D eigenvalue weighted by atomic mass is 10.1. The molecule has 78 valence electrons. The highest BCUT2D eigenvalue weighted by Gasteiger charge is 1.95. The van der Waals surface area contributed by atoms with Crippen LogP contribution in [0.2, 0.25) is 0 Å². The molecule has 0 unspecified atom stereocenters. The topological polar surface area (TPSA) is 0 Å². The summed E-state index contributed by atoms with van der Waals surface area (Å²) in [4.78, 5) is 0. The molecule has 0 saturated heterocycles. The van der Waals surface area contributed by atoms with E-state index in [4.69, 9.17) is 0 Å². The van der Waals surface area contributed by atoms with Crippen LogP contribution in [0.3, 0.4) is 0 Å². The second-order valence-electron chi connectivity index (χ2n) is 3.76. The van der Waals surface area contributed by atoms with Gasteiger partial charge in [-0.05, 0) is 41.3 Å². The maximum absolute atomic E-state index is 2.30. The largest absolute Gasteiger partial charge is 0.144 e. The lowest BCUT2D eigenvalue weighted by Gasteiger charge is -1.96. The minimum atomic E-state index is 1.06. The SMILES string of the molecule is CCCC=CCc1ccc2ccsc2c1. The average Bonchev–Trinajstić information content (AvgIpc) is 2.71. The molecule has 1 aromatic carbocycles. The minimum Gasteiger partial charge on any atom is -0.144 e. The molecule has 0 radical (unpaired) electrons. The Morgan fingerprint density at radius 2 is 2.13 bits per heavy atom. The second kappa shape index (κ2) is 5.13. The summed E-state index contributed by atoms with van der Waals surface area (Å²) in [5.74, 6) is 0. The molecule has 0 bridgehead atoms. The summed E-state index contributed by atoms with van der Waals surface area (Å²) in [6.45, 7) is 2.21. The molecule has 15 heavy (non-hydrogen) atoms. The van der Waals surface area contributed by atoms with Gasteiger partial charge in [-0.25, -0.2) is 0 Å². The van der Waals surface area contributed by atoms with Crippen molar-refractivity contribution in [1.82, 2.24) is 0 Å². The van der Waals surface area contributed by atoms with Gasteiger partial charge in [0.15, 0.2) is 0 Å². The van der Waals surface area contributed by atoms with Crippen LogP contribution in [0.25, 0.3) is 10.1 Å². The summed E-state index contributed by atoms with van der Waals surface area (Å²) in [5, 5.41) is 3.52. The third kappa shape index (κ3) is 2.69. The lowest BCUT2D eigenvalue weighted by Crippen LogP contribution is -1.79. The van der Waals surface area contributed by atoms with Crippen LogP contribution in [-0.2, 0) is 6.42 Å². The van der Waals surface area contributed by atoms with E-state index in [-0.39, 0.29) is 0 Å². The van der Waals surface area contributed by atoms with Crippen molar-refractivity contribution in [1.29, 1.82) is 0 Å². The van der Waals surface area contributed by atoms with Crippen LogP contribution in [0.1, 0.15) is 25.3 Å². The number of hydrogen-bond acceptors (Lipinski definition) is 1. The van der Waals surface area contributed by atoms with Crippen molar-refractivity contribution >= 4 is 21.4 Å². The first kappa shape index (κ1) is 10.4. The van der Waals surface area contributed by atoms with Gasteiger partial charge in [0.2, 0.25) is 0 Å². The molecule has 0 saturated carbocycles. The molecule has 1 heteroatoms. The Morgan fingerprint density at radius 3 is 3.00 bits per heavy atom. The Bertz CT molecular complexity index is 451. The van der Waals surface area contributed by atoms with Gasteiger partial charge in [0.05, 0.1) is 0 Å². The smallest absolute Gasteiger partial charge is 0.0345 e. The quantitative estimate of drug-likeness (QED) is 0.644. The van der Waals surface area contributed by atoms with Crippen LogP contribution in [0.15, 0.2) is 41.8 Å². The molecule has 0 aliphatic rings. The molecule has 0 nitrogen and oxygen atoms in total. The van der Waals surface area contributed by atoms with Gasteiger partial charge in [-0.15, -0.1) is 11.3 Å². The second-order valence-corrected chi connectivity index (χ2v) is 4.70. The Hall–Kier alpha value is -1.08. The van der Waals surface area contributed by atoms with Gasteiger partial charge in [-0.1, -0.05) is 37.6 Å². The number of fused-ring (bicyclic) bond motifs is 1. The van der Waals surface area contributed by atoms with Gasteiger partial charge in [0.25, 0.3) is 0 Å². The zero-order valence-corrected chi connectivity index (χ0v) is 9.89. The fraction of sp³-hybridized carbons (Fsp3) is 0.286. The maximum atomic E-state index is 2.30. The number of hydrogen-bond donors (Lipinski definition) is 0. The van der Waals surface area contributed by atoms with E-state index in [1.807, 2.05) is 11.3 Å². The molecule has 0 fully saturated rings. The van der Waals surface area contributed by atoms with E-state index in [9.17, 15) is 0 Å². The maximum Gasteiger partial charge on any atom is 0.0345 e. The predicted molar refractivity (Wildman–Crippen MR) is 69.6 cm³/mol. The van der Waals surface area contributed by atoms with Gasteiger partial charge >= 0.3 is 0 Å². The van der Waals surface area contributed by atoms with E-state index in [2.05, 4.69) is 48.7 Å². The first-order valence-electron chi connectivity index (χ1n) is 5.51. The van der Waals surface area contributed by atoms with Gasteiger partial charge in [0.1, 0.15) is 0 Å². The molecule has 0 N–H and O–H groups in total. The van der Waals surface area contributed by atoms with E-state index in [1.54, 1.807) is 0 Å². The zero-order chi connectivity index (χ0) is 10.5. The summed E-state index contributed by atoms with van der Waals surface area (Å²) in [6.07, 6.45) is 8.05. The Labute approximate surface area is 95.3 Å². The number of benzene rings is 1. The van der Waals surface area contributed by atoms with Crippen molar-refractivity contribution in [2.45, 2.75) is 26.2 Å². The van der Waals surface area contributed by atoms with Gasteiger partial charge in [-0.2, -0.15) is 0 Å². The zero-order valence-electron chi connectivity index (χ0n) is 9.07. The van der Waals surface area contributed by atoms with Crippen molar-refractivity contribution in [3.8, 4) is 0 Å². The fourth-order valence-corrected chi connectivity index (χ4v) is 2.48. The fourth-order valence-electron chi connectivity index (χ4n) is 1.63. The highest BCUT2D eigenvalue weighted by molar-refractivity contribution is 7.17. The normalized spacial score (nSPS) is 11.5. The summed E-state index contributed by atoms with van der Waals surface area (Å²) in [7, 11) is 0. The number of unbranched alkanes of at least 4 members (excludes halogenated alkanes) is 1. The van der Waals surface area contributed by atoms with Crippen LogP contribution in [-0.4, -0.2) is 0 Å². The van der Waals surface area contributed by atoms with Crippen molar-refractivity contribution in [3.63, 3.8) is 0 Å². The molecule has 0 aliphatic heterocycles. The van der Waals surface area contributed by atoms with E-state index in [0.29, 0.717) is 0 Å². The molecule has 1 aromatic heterocycles. The molecule has 0 spiro atoms. The first-order valence-corrected chi connectivity index (χ1v) is 6.39. The van der Waals surface area contributed by atoms with Gasteiger partial charge in [0, 0.05) is 4.70 Å². The predicted octanol–water partition coefficient (Wildman–Crippen LogP) is 4.80. The van der Waals surface area contributed by atoms with Gasteiger partial charge in [-0.3, -0.25) is 0 Å². The number of rotatable bonds is 4. The lowest BCUT2D eigenvalue weighted by molar-refractivity contribution is 0.953. The summed E-state index contributed by atoms with van der Waals surface area (Å²) < 4.78 is 1.40. The highest BCUT2D eigenvalue weighted by atomic mass is 32.1. The molecule has 0 aliphatic carbocycles. The Balaban J connectivity index is 2.08. The first-order chi connectivity index (χ1) is 7.40. The van der Waals surface area contributed by atoms with E-state index < -0.39 is 0 Å². The van der Waals surface area contributed by atoms with E-state index in [0.717, 1.165) is 6.42 Å². The minimum absolute atomic E-state index is 1.06. The van der Waals surface area contributed by atoms with Crippen LogP contribution in [0.5, 0.6) is 0 Å². The molecule has 0 atom stereocenters. The van der Waals surface area contributed by atoms with Crippen LogP contribution in [0.4, 0.5) is 0 Å². The molecule has 0 amide bonds. The van der Waals surface area contributed by atoms with Crippen molar-refractivity contribution < 1.29 is 0 Å². The standard InChI is InChI=1S/C14H16S/c1-2-3-4-5-6-12-7-8-13-9-10-15-14(13)11-12/h4-5,7-11H,2-3,6H2,1H3. The van der Waals surface area contributed by atoms with Crippen molar-refractivity contribution in [3.05, 3.63) is 47.4 Å². The summed E-state index contributed by atoms with van der Waals surface area (Å²) in [6, 6.07) is 8.92. The van der Waals surface area contributed by atoms with Crippen LogP contribution >= 0.6 is 11.3 Å². The van der Waals surface area contributed by atoms with E-state index >= 15 is 0 Å². The molecule has 2 aromatic rings. The third-order valence-electron chi connectivity index (χ3n) is 2.50. The number of allylic oxidation sites excluding steroid dienone is 2. The van der Waals surface area contributed by atoms with Crippen molar-refractivity contribution in [2.24, 2.45) is 0 Å². The average molecular weight is 216 g/mol.